The van der Waals surface area contributed by atoms with Gasteiger partial charge in [-0.15, -0.1) is 0 Å². The van der Waals surface area contributed by atoms with Crippen LogP contribution in [0, 0.1) is 29.6 Å². The van der Waals surface area contributed by atoms with Crippen molar-refractivity contribution in [3.05, 3.63) is 0 Å². The molecule has 0 aromatic rings. The Labute approximate surface area is 119 Å². The average molecular weight is 264 g/mol. The Morgan fingerprint density at radius 3 is 1.89 bits per heavy atom. The second kappa shape index (κ2) is 7.45. The molecule has 2 fully saturated rings. The molecule has 0 saturated heterocycles. The van der Waals surface area contributed by atoms with Crippen LogP contribution in [0.4, 0.5) is 0 Å². The minimum absolute atomic E-state index is 0.787. The largest absolute Gasteiger partial charge is 0.303 e. The molecule has 0 heterocycles. The minimum atomic E-state index is 0.787. The summed E-state index contributed by atoms with van der Waals surface area (Å²) in [5.41, 5.74) is 0. The number of rotatable bonds is 5. The monoisotopic (exact) mass is 264 g/mol. The molecule has 19 heavy (non-hydrogen) atoms. The molecule has 0 bridgehead atoms. The maximum Gasteiger partial charge on any atom is 0.120 e. The van der Waals surface area contributed by atoms with Crippen LogP contribution in [-0.4, -0.2) is 6.29 Å². The van der Waals surface area contributed by atoms with Gasteiger partial charge in [0.05, 0.1) is 0 Å². The van der Waals surface area contributed by atoms with Crippen molar-refractivity contribution < 1.29 is 4.79 Å². The molecule has 2 saturated carbocycles. The van der Waals surface area contributed by atoms with Crippen molar-refractivity contribution in [3.8, 4) is 0 Å². The normalized spacial score (nSPS) is 36.4. The molecule has 0 unspecified atom stereocenters. The first-order chi connectivity index (χ1) is 9.20. The summed E-state index contributed by atoms with van der Waals surface area (Å²) in [5.74, 6) is 4.79. The van der Waals surface area contributed by atoms with Gasteiger partial charge in [0.25, 0.3) is 0 Å². The Morgan fingerprint density at radius 2 is 1.42 bits per heavy atom. The molecule has 0 amide bonds. The third-order valence-electron chi connectivity index (χ3n) is 6.01. The van der Waals surface area contributed by atoms with Crippen LogP contribution in [0.3, 0.4) is 0 Å². The molecular weight excluding hydrogens is 232 g/mol. The van der Waals surface area contributed by atoms with E-state index in [2.05, 4.69) is 13.8 Å². The summed E-state index contributed by atoms with van der Waals surface area (Å²) in [7, 11) is 0. The molecule has 1 heteroatoms. The van der Waals surface area contributed by atoms with E-state index in [0.29, 0.717) is 0 Å². The summed E-state index contributed by atoms with van der Waals surface area (Å²) in [4.78, 5) is 10.4. The van der Waals surface area contributed by atoms with Gasteiger partial charge in [0.2, 0.25) is 0 Å². The standard InChI is InChI=1S/C18H32O/c1-14(2)16-9-11-18(12-10-16)17-7-5-15(6-8-17)4-3-13-19/h13-18H,3-12H2,1-2H3/t15-,16-,17-,18-. The summed E-state index contributed by atoms with van der Waals surface area (Å²) in [6.07, 6.45) is 14.6. The van der Waals surface area contributed by atoms with Gasteiger partial charge in [0.1, 0.15) is 6.29 Å². The Balaban J connectivity index is 1.69. The Hall–Kier alpha value is -0.330. The highest BCUT2D eigenvalue weighted by molar-refractivity contribution is 5.49. The molecule has 0 aromatic heterocycles. The van der Waals surface area contributed by atoms with Gasteiger partial charge in [-0.05, 0) is 74.5 Å². The van der Waals surface area contributed by atoms with Crippen LogP contribution >= 0.6 is 0 Å². The quantitative estimate of drug-likeness (QED) is 0.621. The molecule has 2 aliphatic rings. The van der Waals surface area contributed by atoms with Crippen molar-refractivity contribution in [1.29, 1.82) is 0 Å². The van der Waals surface area contributed by atoms with Crippen LogP contribution < -0.4 is 0 Å². The zero-order valence-electron chi connectivity index (χ0n) is 12.9. The van der Waals surface area contributed by atoms with E-state index < -0.39 is 0 Å². The van der Waals surface area contributed by atoms with Crippen LogP contribution in [0.2, 0.25) is 0 Å². The van der Waals surface area contributed by atoms with Crippen LogP contribution in [0.25, 0.3) is 0 Å². The lowest BCUT2D eigenvalue weighted by atomic mass is 9.67. The Morgan fingerprint density at radius 1 is 0.895 bits per heavy atom. The van der Waals surface area contributed by atoms with Gasteiger partial charge >= 0.3 is 0 Å². The van der Waals surface area contributed by atoms with Crippen molar-refractivity contribution >= 4 is 6.29 Å². The lowest BCUT2D eigenvalue weighted by molar-refractivity contribution is -0.108. The molecule has 2 aliphatic carbocycles. The van der Waals surface area contributed by atoms with Gasteiger partial charge in [0, 0.05) is 6.42 Å². The van der Waals surface area contributed by atoms with E-state index in [4.69, 9.17) is 0 Å². The highest BCUT2D eigenvalue weighted by Crippen LogP contribution is 2.43. The summed E-state index contributed by atoms with van der Waals surface area (Å²) in [5, 5.41) is 0. The second-order valence-corrected chi connectivity index (χ2v) is 7.44. The lowest BCUT2D eigenvalue weighted by Gasteiger charge is -2.38. The topological polar surface area (TPSA) is 17.1 Å². The van der Waals surface area contributed by atoms with Crippen LogP contribution in [0.1, 0.15) is 78.1 Å². The minimum Gasteiger partial charge on any atom is -0.303 e. The van der Waals surface area contributed by atoms with Crippen LogP contribution in [-0.2, 0) is 4.79 Å². The molecular formula is C18H32O. The molecule has 110 valence electrons. The summed E-state index contributed by atoms with van der Waals surface area (Å²) in [6, 6.07) is 0. The number of hydrogen-bond acceptors (Lipinski definition) is 1. The average Bonchev–Trinajstić information content (AvgIpc) is 2.46. The smallest absolute Gasteiger partial charge is 0.120 e. The number of carbonyl (C=O) groups excluding carboxylic acids is 1. The van der Waals surface area contributed by atoms with E-state index in [1.165, 1.54) is 51.4 Å². The Kier molecular flexibility index (Phi) is 5.91. The van der Waals surface area contributed by atoms with Crippen molar-refractivity contribution in [1.82, 2.24) is 0 Å². The van der Waals surface area contributed by atoms with Crippen LogP contribution in [0.5, 0.6) is 0 Å². The van der Waals surface area contributed by atoms with E-state index in [0.717, 1.165) is 48.7 Å². The zero-order valence-corrected chi connectivity index (χ0v) is 12.9. The van der Waals surface area contributed by atoms with E-state index in [9.17, 15) is 4.79 Å². The molecule has 0 radical (unpaired) electrons. The van der Waals surface area contributed by atoms with Crippen molar-refractivity contribution in [2.24, 2.45) is 29.6 Å². The van der Waals surface area contributed by atoms with Crippen LogP contribution in [0.15, 0.2) is 0 Å². The molecule has 1 nitrogen and oxygen atoms in total. The molecule has 0 atom stereocenters. The summed E-state index contributed by atoms with van der Waals surface area (Å²) >= 11 is 0. The summed E-state index contributed by atoms with van der Waals surface area (Å²) < 4.78 is 0. The molecule has 0 aliphatic heterocycles. The van der Waals surface area contributed by atoms with Crippen molar-refractivity contribution in [2.45, 2.75) is 78.1 Å². The molecule has 2 rings (SSSR count). The third kappa shape index (κ3) is 4.33. The SMILES string of the molecule is CC(C)[C@H]1CC[C@H]([C@H]2CC[C@H](CCC=O)CC2)CC1. The van der Waals surface area contributed by atoms with E-state index >= 15 is 0 Å². The predicted octanol–water partition coefficient (Wildman–Crippen LogP) is 5.23. The number of aldehydes is 1. The zero-order chi connectivity index (χ0) is 13.7. The van der Waals surface area contributed by atoms with Gasteiger partial charge in [-0.3, -0.25) is 0 Å². The first kappa shape index (κ1) is 15.1. The number of hydrogen-bond donors (Lipinski definition) is 0. The van der Waals surface area contributed by atoms with Gasteiger partial charge < -0.3 is 4.79 Å². The summed E-state index contributed by atoms with van der Waals surface area (Å²) in [6.45, 7) is 4.78. The number of carbonyl (C=O) groups is 1. The highest BCUT2D eigenvalue weighted by atomic mass is 16.1. The molecule has 0 spiro atoms. The maximum atomic E-state index is 10.4. The van der Waals surface area contributed by atoms with Crippen molar-refractivity contribution in [3.63, 3.8) is 0 Å². The fourth-order valence-electron chi connectivity index (χ4n) is 4.54. The van der Waals surface area contributed by atoms with Crippen molar-refractivity contribution in [2.75, 3.05) is 0 Å². The first-order valence-electron chi connectivity index (χ1n) is 8.64. The van der Waals surface area contributed by atoms with Gasteiger partial charge in [-0.2, -0.15) is 0 Å². The lowest BCUT2D eigenvalue weighted by Crippen LogP contribution is -2.27. The van der Waals surface area contributed by atoms with Gasteiger partial charge in [-0.25, -0.2) is 0 Å². The van der Waals surface area contributed by atoms with Gasteiger partial charge in [-0.1, -0.05) is 26.7 Å². The first-order valence-corrected chi connectivity index (χ1v) is 8.64. The van der Waals surface area contributed by atoms with E-state index in [1.807, 2.05) is 0 Å². The second-order valence-electron chi connectivity index (χ2n) is 7.44. The highest BCUT2D eigenvalue weighted by Gasteiger charge is 2.31. The fourth-order valence-corrected chi connectivity index (χ4v) is 4.54. The predicted molar refractivity (Wildman–Crippen MR) is 81.0 cm³/mol. The third-order valence-corrected chi connectivity index (χ3v) is 6.01. The Bertz CT molecular complexity index is 255. The molecule has 0 N–H and O–H groups in total. The van der Waals surface area contributed by atoms with Gasteiger partial charge in [0.15, 0.2) is 0 Å². The maximum absolute atomic E-state index is 10.4. The van der Waals surface area contributed by atoms with E-state index in [-0.39, 0.29) is 0 Å². The van der Waals surface area contributed by atoms with E-state index in [1.54, 1.807) is 0 Å². The molecule has 0 aromatic carbocycles. The fraction of sp³-hybridized carbons (Fsp3) is 0.944.